The second-order valence-corrected chi connectivity index (χ2v) is 19.9. The second kappa shape index (κ2) is 24.1. The van der Waals surface area contributed by atoms with Gasteiger partial charge in [-0.05, 0) is 66.2 Å². The molecule has 0 radical (unpaired) electrons. The van der Waals surface area contributed by atoms with E-state index in [4.69, 9.17) is 9.07 Å². The van der Waals surface area contributed by atoms with Crippen molar-refractivity contribution in [1.29, 1.82) is 0 Å². The van der Waals surface area contributed by atoms with E-state index in [0.29, 0.717) is 72.5 Å². The van der Waals surface area contributed by atoms with Gasteiger partial charge in [0, 0.05) is 42.3 Å². The van der Waals surface area contributed by atoms with Gasteiger partial charge in [0.25, 0.3) is 15.6 Å². The monoisotopic (exact) mass is 1110 g/mol. The predicted octanol–water partition coefficient (Wildman–Crippen LogP) is -5.25. The molecule has 0 saturated carbocycles. The van der Waals surface area contributed by atoms with Gasteiger partial charge in [0.1, 0.15) is 15.0 Å². The van der Waals surface area contributed by atoms with Crippen LogP contribution in [0.4, 0.5) is 46.3 Å². The number of carbonyl (C=O) groups is 1. The maximum Gasteiger partial charge on any atom is 1.00 e. The number of nitrogens with zero attached hydrogens (tertiary/aromatic N) is 6. The fourth-order valence-corrected chi connectivity index (χ4v) is 10.7. The van der Waals surface area contributed by atoms with Gasteiger partial charge in [0.15, 0.2) is 11.6 Å². The molecule has 4 heterocycles. The molecule has 24 nitrogen and oxygen atoms in total. The maximum absolute atomic E-state index is 14.8. The summed E-state index contributed by atoms with van der Waals surface area (Å²) >= 11 is 0.970. The molecule has 1 saturated heterocycles. The zero-order chi connectivity index (χ0) is 49.6. The summed E-state index contributed by atoms with van der Waals surface area (Å²) in [6, 6.07) is 23.9. The van der Waals surface area contributed by atoms with Crippen molar-refractivity contribution in [3.8, 4) is 11.1 Å². The Hall–Kier alpha value is -4.06. The Kier molecular flexibility index (Phi) is 18.8. The molecule has 1 fully saturated rings. The SMILES string of the molecule is Cn1c(=O)c(C2=Nc3ccccc3S(=O)(=O)N2)c2c3c(c(Nc4cc(Nc5nc(Nc6cc(S(=O)(=O)[O-])ccc6SOO[O-])nc(N6CCOCC6)n5)ccc4SOO[O-])ccc31)C(=O)c1ccccc1-2.[Na+].[Na+].[Na+]. The molecular weight excluding hydrogens is 1080 g/mol. The molecule has 2 aliphatic heterocycles. The van der Waals surface area contributed by atoms with Crippen LogP contribution in [0.3, 0.4) is 0 Å². The Labute approximate surface area is 494 Å². The first kappa shape index (κ1) is 57.6. The minimum absolute atomic E-state index is 0. The Morgan fingerprint density at radius 1 is 0.730 bits per heavy atom. The summed E-state index contributed by atoms with van der Waals surface area (Å²) in [4.78, 5) is 49.0. The molecular formula is C43H31N10Na3O14S4. The van der Waals surface area contributed by atoms with Gasteiger partial charge in [-0.2, -0.15) is 23.6 Å². The van der Waals surface area contributed by atoms with Crippen molar-refractivity contribution in [3.05, 3.63) is 124 Å². The normalized spacial score (nSPS) is 14.2. The molecule has 0 amide bonds. The van der Waals surface area contributed by atoms with Gasteiger partial charge in [-0.1, -0.05) is 36.4 Å². The molecule has 31 heteroatoms. The summed E-state index contributed by atoms with van der Waals surface area (Å²) in [5.74, 6) is -0.699. The number of benzene rings is 5. The zero-order valence-corrected chi connectivity index (χ0v) is 48.4. The van der Waals surface area contributed by atoms with Crippen LogP contribution in [0.15, 0.2) is 126 Å². The third-order valence-electron chi connectivity index (χ3n) is 11.3. The van der Waals surface area contributed by atoms with Gasteiger partial charge in [0.2, 0.25) is 17.8 Å². The van der Waals surface area contributed by atoms with E-state index in [1.165, 1.54) is 29.8 Å². The fourth-order valence-electron chi connectivity index (χ4n) is 8.20. The topological polar surface area (TPSA) is 325 Å². The number of sulfonamides is 1. The number of nitrogens with one attached hydrogen (secondary N) is 4. The summed E-state index contributed by atoms with van der Waals surface area (Å²) in [5, 5.41) is 38.5. The van der Waals surface area contributed by atoms with Gasteiger partial charge >= 0.3 is 88.7 Å². The van der Waals surface area contributed by atoms with Crippen molar-refractivity contribution in [2.75, 3.05) is 47.2 Å². The summed E-state index contributed by atoms with van der Waals surface area (Å²) in [6.07, 6.45) is 0. The molecule has 2 aromatic heterocycles. The summed E-state index contributed by atoms with van der Waals surface area (Å²) in [5.41, 5.74) is 1.49. The third-order valence-corrected chi connectivity index (χ3v) is 14.8. The minimum atomic E-state index is -4.94. The number of anilines is 7. The standard InChI is InChI=1S/C43H34N10O14S4.3Na/c1-52-30-13-12-27(35-36(30)34(24-6-2-3-7-25(24)38(35)54)37(40(52)55)39-46-26-8-4-5-9-33(26)70(58,59)51-39)45-28-20-22(10-14-31(28)68-66-64-56)44-41-48-42(50-43(49-41)53-16-18-63-19-17-53)47-29-21-23(71(60,61)62)11-15-32(29)69-67-65-57;;;/h2-15,20-21,45,56-57H,16-19H2,1H3,(H,46,51)(H,60,61,62)(H2,44,47,48,49,50);;;/q;3*+1/p-3. The van der Waals surface area contributed by atoms with Crippen molar-refractivity contribution in [2.24, 2.45) is 12.0 Å². The number of amidine groups is 1. The van der Waals surface area contributed by atoms with E-state index in [1.807, 2.05) is 4.90 Å². The van der Waals surface area contributed by atoms with Crippen LogP contribution < -0.4 is 130 Å². The van der Waals surface area contributed by atoms with E-state index < -0.39 is 36.4 Å². The largest absolute Gasteiger partial charge is 1.00 e. The van der Waals surface area contributed by atoms with Crippen LogP contribution >= 0.6 is 24.1 Å². The number of morpholine rings is 1. The van der Waals surface area contributed by atoms with Gasteiger partial charge in [-0.25, -0.2) is 21.8 Å². The minimum Gasteiger partial charge on any atom is -0.744 e. The second-order valence-electron chi connectivity index (χ2n) is 15.4. The predicted molar refractivity (Wildman–Crippen MR) is 251 cm³/mol. The molecule has 0 bridgehead atoms. The van der Waals surface area contributed by atoms with Crippen molar-refractivity contribution in [3.63, 3.8) is 0 Å². The van der Waals surface area contributed by atoms with Crippen LogP contribution in [0.1, 0.15) is 21.5 Å². The molecule has 10 rings (SSSR count). The first-order valence-electron chi connectivity index (χ1n) is 20.7. The Morgan fingerprint density at radius 3 is 2.05 bits per heavy atom. The van der Waals surface area contributed by atoms with Crippen LogP contribution in [0.25, 0.3) is 22.0 Å². The van der Waals surface area contributed by atoms with E-state index in [9.17, 15) is 41.5 Å². The molecule has 0 spiro atoms. The van der Waals surface area contributed by atoms with Crippen LogP contribution in [0.5, 0.6) is 0 Å². The van der Waals surface area contributed by atoms with E-state index in [2.05, 4.69) is 55.0 Å². The Morgan fingerprint density at radius 2 is 1.36 bits per heavy atom. The molecule has 3 aliphatic rings. The molecule has 1 aliphatic carbocycles. The van der Waals surface area contributed by atoms with E-state index >= 15 is 0 Å². The summed E-state index contributed by atoms with van der Waals surface area (Å²) in [6.45, 7) is 1.47. The number of aromatic nitrogens is 4. The molecule has 7 aromatic rings. The Balaban J connectivity index is 0.00000267. The van der Waals surface area contributed by atoms with Crippen LogP contribution in [-0.4, -0.2) is 78.8 Å². The van der Waals surface area contributed by atoms with Gasteiger partial charge < -0.3 is 45.2 Å². The molecule has 4 N–H and O–H groups in total. The third kappa shape index (κ3) is 11.6. The number of ether oxygens (including phenoxy) is 1. The molecule has 74 heavy (non-hydrogen) atoms. The van der Waals surface area contributed by atoms with Crippen molar-refractivity contribution in [1.82, 2.24) is 24.2 Å². The number of aryl methyl sites for hydroxylation is 1. The summed E-state index contributed by atoms with van der Waals surface area (Å²) < 4.78 is 81.6. The first-order valence-corrected chi connectivity index (χ1v) is 25.0. The van der Waals surface area contributed by atoms with Gasteiger partial charge in [0.05, 0.1) is 91.4 Å². The number of rotatable bonds is 15. The fraction of sp³-hybridized carbons (Fsp3) is 0.116. The van der Waals surface area contributed by atoms with E-state index in [1.54, 1.807) is 66.7 Å². The maximum atomic E-state index is 14.8. The number of hydrogen-bond acceptors (Lipinski definition) is 24. The van der Waals surface area contributed by atoms with Crippen molar-refractivity contribution in [2.45, 2.75) is 19.6 Å². The van der Waals surface area contributed by atoms with Crippen LogP contribution in [0, 0.1) is 0 Å². The number of aliphatic imine (C=N–C) groups is 1. The molecule has 0 unspecified atom stereocenters. The summed E-state index contributed by atoms with van der Waals surface area (Å²) in [7, 11) is -7.63. The van der Waals surface area contributed by atoms with Gasteiger partial charge in [-0.3, -0.25) is 24.4 Å². The number of para-hydroxylation sites is 1. The number of ketones is 1. The quantitative estimate of drug-likeness (QED) is 0.0245. The molecule has 0 atom stereocenters. The van der Waals surface area contributed by atoms with Crippen molar-refractivity contribution < 1.29 is 149 Å². The average Bonchev–Trinajstić information content (AvgIpc) is 3.36. The number of hydrogen-bond donors (Lipinski definition) is 4. The number of carbonyl (C=O) groups excluding carboxylic acids is 1. The zero-order valence-electron chi connectivity index (χ0n) is 39.1. The van der Waals surface area contributed by atoms with Gasteiger partial charge in [-0.15, -0.1) is 0 Å². The van der Waals surface area contributed by atoms with Crippen LogP contribution in [-0.2, 0) is 50.7 Å². The van der Waals surface area contributed by atoms with Crippen molar-refractivity contribution >= 4 is 113 Å². The number of pyridine rings is 1. The number of fused-ring (bicyclic) bond motifs is 3. The smallest absolute Gasteiger partial charge is 0.744 e. The molecule has 5 aromatic carbocycles. The molecule has 364 valence electrons. The first-order chi connectivity index (χ1) is 34.2. The average molecular weight is 1110 g/mol. The Bertz CT molecular complexity index is 3670. The van der Waals surface area contributed by atoms with E-state index in [-0.39, 0.29) is 172 Å². The van der Waals surface area contributed by atoms with Crippen LogP contribution in [0.2, 0.25) is 0 Å². The van der Waals surface area contributed by atoms with E-state index in [0.717, 1.165) is 12.1 Å².